The number of halogens is 1. The van der Waals surface area contributed by atoms with Crippen LogP contribution < -0.4 is 5.32 Å². The molecular formula is C11H15BrN2O2. The second-order valence-corrected chi connectivity index (χ2v) is 4.48. The molecule has 0 heterocycles. The van der Waals surface area contributed by atoms with E-state index in [1.165, 1.54) is 6.07 Å². The Morgan fingerprint density at radius 2 is 2.25 bits per heavy atom. The minimum Gasteiger partial charge on any atom is -0.312 e. The summed E-state index contributed by atoms with van der Waals surface area (Å²) in [6.45, 7) is 3.55. The highest BCUT2D eigenvalue weighted by molar-refractivity contribution is 9.10. The summed E-state index contributed by atoms with van der Waals surface area (Å²) in [5.74, 6) is 0. The van der Waals surface area contributed by atoms with E-state index in [0.29, 0.717) is 6.54 Å². The maximum Gasteiger partial charge on any atom is 0.275 e. The third-order valence-corrected chi connectivity index (χ3v) is 2.76. The first-order chi connectivity index (χ1) is 7.65. The number of nitrogens with one attached hydrogen (secondary N) is 1. The monoisotopic (exact) mass is 286 g/mol. The predicted octanol–water partition coefficient (Wildman–Crippen LogP) is 3.25. The van der Waals surface area contributed by atoms with Gasteiger partial charge in [0.1, 0.15) is 0 Å². The van der Waals surface area contributed by atoms with Crippen molar-refractivity contribution >= 4 is 21.6 Å². The number of nitro benzene ring substituents is 1. The van der Waals surface area contributed by atoms with Gasteiger partial charge in [0.2, 0.25) is 0 Å². The molecule has 88 valence electrons. The molecule has 0 fully saturated rings. The normalized spacial score (nSPS) is 10.4. The highest BCUT2D eigenvalue weighted by Gasteiger charge is 2.13. The van der Waals surface area contributed by atoms with Crippen LogP contribution in [0.4, 0.5) is 5.69 Å². The molecular weight excluding hydrogens is 272 g/mol. The minimum atomic E-state index is -0.346. The van der Waals surface area contributed by atoms with Crippen molar-refractivity contribution in [3.05, 3.63) is 38.3 Å². The smallest absolute Gasteiger partial charge is 0.275 e. The summed E-state index contributed by atoms with van der Waals surface area (Å²) in [6, 6.07) is 5.14. The van der Waals surface area contributed by atoms with Crippen LogP contribution in [-0.2, 0) is 6.54 Å². The molecule has 0 aliphatic heterocycles. The number of hydrogen-bond donors (Lipinski definition) is 1. The van der Waals surface area contributed by atoms with Crippen LogP contribution in [0.5, 0.6) is 0 Å². The molecule has 0 radical (unpaired) electrons. The number of nitro groups is 1. The van der Waals surface area contributed by atoms with E-state index in [4.69, 9.17) is 0 Å². The summed E-state index contributed by atoms with van der Waals surface area (Å²) < 4.78 is 0.733. The average Bonchev–Trinajstić information content (AvgIpc) is 2.26. The molecule has 5 heteroatoms. The van der Waals surface area contributed by atoms with Crippen molar-refractivity contribution in [2.75, 3.05) is 6.54 Å². The van der Waals surface area contributed by atoms with Crippen molar-refractivity contribution in [2.24, 2.45) is 0 Å². The number of nitrogens with zero attached hydrogens (tertiary/aromatic N) is 1. The lowest BCUT2D eigenvalue weighted by Gasteiger charge is -2.05. The Morgan fingerprint density at radius 3 is 2.88 bits per heavy atom. The maximum absolute atomic E-state index is 10.8. The van der Waals surface area contributed by atoms with Gasteiger partial charge in [-0.2, -0.15) is 0 Å². The van der Waals surface area contributed by atoms with E-state index in [1.54, 1.807) is 6.07 Å². The Balaban J connectivity index is 2.67. The summed E-state index contributed by atoms with van der Waals surface area (Å²) in [6.07, 6.45) is 2.21. The molecule has 1 N–H and O–H groups in total. The Bertz CT molecular complexity index is 369. The van der Waals surface area contributed by atoms with E-state index < -0.39 is 0 Å². The van der Waals surface area contributed by atoms with Crippen molar-refractivity contribution in [3.63, 3.8) is 0 Å². The van der Waals surface area contributed by atoms with E-state index in [-0.39, 0.29) is 10.6 Å². The van der Waals surface area contributed by atoms with Gasteiger partial charge in [0.05, 0.1) is 4.92 Å². The van der Waals surface area contributed by atoms with E-state index in [0.717, 1.165) is 29.4 Å². The van der Waals surface area contributed by atoms with Gasteiger partial charge >= 0.3 is 0 Å². The molecule has 1 rings (SSSR count). The fourth-order valence-corrected chi connectivity index (χ4v) is 1.73. The number of rotatable bonds is 6. The fourth-order valence-electron chi connectivity index (χ4n) is 1.38. The molecule has 0 unspecified atom stereocenters. The number of unbranched alkanes of at least 4 members (excludes halogenated alkanes) is 1. The van der Waals surface area contributed by atoms with Crippen LogP contribution >= 0.6 is 15.9 Å². The molecule has 4 nitrogen and oxygen atoms in total. The molecule has 0 saturated heterocycles. The third-order valence-electron chi connectivity index (χ3n) is 2.27. The zero-order chi connectivity index (χ0) is 12.0. The first-order valence-corrected chi connectivity index (χ1v) is 6.08. The zero-order valence-corrected chi connectivity index (χ0v) is 10.8. The molecule has 16 heavy (non-hydrogen) atoms. The largest absolute Gasteiger partial charge is 0.312 e. The van der Waals surface area contributed by atoms with Crippen molar-refractivity contribution in [2.45, 2.75) is 26.3 Å². The molecule has 1 aromatic rings. The molecule has 0 saturated carbocycles. The summed E-state index contributed by atoms with van der Waals surface area (Å²) in [5.41, 5.74) is 0.891. The third kappa shape index (κ3) is 3.90. The van der Waals surface area contributed by atoms with E-state index in [2.05, 4.69) is 28.2 Å². The van der Waals surface area contributed by atoms with Crippen LogP contribution in [0.3, 0.4) is 0 Å². The molecule has 0 bridgehead atoms. The van der Waals surface area contributed by atoms with Crippen LogP contribution in [0, 0.1) is 10.1 Å². The standard InChI is InChI=1S/C11H15BrN2O2/c1-2-3-6-13-8-9-4-5-10(12)7-11(9)14(15)16/h4-5,7,13H,2-3,6,8H2,1H3. The Hall–Kier alpha value is -0.940. The molecule has 0 spiro atoms. The Morgan fingerprint density at radius 1 is 1.50 bits per heavy atom. The van der Waals surface area contributed by atoms with Crippen LogP contribution in [0.1, 0.15) is 25.3 Å². The molecule has 0 aliphatic carbocycles. The van der Waals surface area contributed by atoms with Crippen molar-refractivity contribution < 1.29 is 4.92 Å². The van der Waals surface area contributed by atoms with Gasteiger partial charge in [-0.05, 0) is 25.1 Å². The maximum atomic E-state index is 10.8. The molecule has 0 aliphatic rings. The van der Waals surface area contributed by atoms with Crippen LogP contribution in [0.2, 0.25) is 0 Å². The molecule has 0 amide bonds. The van der Waals surface area contributed by atoms with Crippen molar-refractivity contribution in [1.29, 1.82) is 0 Å². The first-order valence-electron chi connectivity index (χ1n) is 5.28. The van der Waals surface area contributed by atoms with Gasteiger partial charge in [0.25, 0.3) is 5.69 Å². The van der Waals surface area contributed by atoms with Crippen LogP contribution in [0.25, 0.3) is 0 Å². The lowest BCUT2D eigenvalue weighted by molar-refractivity contribution is -0.385. The lowest BCUT2D eigenvalue weighted by Crippen LogP contribution is -2.15. The second-order valence-electron chi connectivity index (χ2n) is 3.56. The van der Waals surface area contributed by atoms with E-state index in [9.17, 15) is 10.1 Å². The average molecular weight is 287 g/mol. The lowest BCUT2D eigenvalue weighted by atomic mass is 10.2. The van der Waals surface area contributed by atoms with Gasteiger partial charge in [-0.1, -0.05) is 29.3 Å². The van der Waals surface area contributed by atoms with Crippen LogP contribution in [0.15, 0.2) is 22.7 Å². The first kappa shape index (κ1) is 13.1. The van der Waals surface area contributed by atoms with Gasteiger partial charge in [-0.15, -0.1) is 0 Å². The highest BCUT2D eigenvalue weighted by atomic mass is 79.9. The predicted molar refractivity (Wildman–Crippen MR) is 67.4 cm³/mol. The summed E-state index contributed by atoms with van der Waals surface area (Å²) in [4.78, 5) is 10.5. The Kier molecular flexibility index (Phi) is 5.42. The van der Waals surface area contributed by atoms with Crippen LogP contribution in [-0.4, -0.2) is 11.5 Å². The van der Waals surface area contributed by atoms with Gasteiger partial charge in [0, 0.05) is 22.6 Å². The van der Waals surface area contributed by atoms with Crippen molar-refractivity contribution in [1.82, 2.24) is 5.32 Å². The highest BCUT2D eigenvalue weighted by Crippen LogP contribution is 2.23. The second kappa shape index (κ2) is 6.60. The van der Waals surface area contributed by atoms with Crippen molar-refractivity contribution in [3.8, 4) is 0 Å². The molecule has 0 aromatic heterocycles. The molecule has 1 aromatic carbocycles. The van der Waals surface area contributed by atoms with Gasteiger partial charge in [-0.3, -0.25) is 10.1 Å². The van der Waals surface area contributed by atoms with E-state index >= 15 is 0 Å². The molecule has 0 atom stereocenters. The zero-order valence-electron chi connectivity index (χ0n) is 9.20. The topological polar surface area (TPSA) is 55.2 Å². The number of hydrogen-bond acceptors (Lipinski definition) is 3. The summed E-state index contributed by atoms with van der Waals surface area (Å²) in [5, 5.41) is 14.0. The van der Waals surface area contributed by atoms with Gasteiger partial charge in [0.15, 0.2) is 0 Å². The summed E-state index contributed by atoms with van der Waals surface area (Å²) in [7, 11) is 0. The minimum absolute atomic E-state index is 0.165. The SMILES string of the molecule is CCCCNCc1ccc(Br)cc1[N+](=O)[O-]. The van der Waals surface area contributed by atoms with Gasteiger partial charge < -0.3 is 5.32 Å². The number of benzene rings is 1. The fraction of sp³-hybridized carbons (Fsp3) is 0.455. The van der Waals surface area contributed by atoms with E-state index in [1.807, 2.05) is 6.07 Å². The quantitative estimate of drug-likeness (QED) is 0.496. The van der Waals surface area contributed by atoms with Gasteiger partial charge in [-0.25, -0.2) is 0 Å². The summed E-state index contributed by atoms with van der Waals surface area (Å²) >= 11 is 3.23. The Labute approximate surface area is 103 Å².